The molecule has 0 radical (unpaired) electrons. The van der Waals surface area contributed by atoms with Crippen LogP contribution in [-0.2, 0) is 5.54 Å². The average Bonchev–Trinajstić information content (AvgIpc) is 2.61. The molecule has 1 fully saturated rings. The van der Waals surface area contributed by atoms with Gasteiger partial charge in [0.2, 0.25) is 0 Å². The first-order valence-corrected chi connectivity index (χ1v) is 5.24. The van der Waals surface area contributed by atoms with Crippen molar-refractivity contribution in [3.63, 3.8) is 0 Å². The molecule has 1 aromatic heterocycles. The first-order valence-electron chi connectivity index (χ1n) is 4.36. The highest BCUT2D eigenvalue weighted by Crippen LogP contribution is 2.44. The predicted octanol–water partition coefficient (Wildman–Crippen LogP) is 2.21. The van der Waals surface area contributed by atoms with Gasteiger partial charge in [0, 0.05) is 5.38 Å². The summed E-state index contributed by atoms with van der Waals surface area (Å²) in [7, 11) is 0. The Morgan fingerprint density at radius 2 is 2.25 bits per heavy atom. The van der Waals surface area contributed by atoms with Gasteiger partial charge in [-0.1, -0.05) is 13.8 Å². The number of rotatable bonds is 2. The van der Waals surface area contributed by atoms with E-state index >= 15 is 0 Å². The van der Waals surface area contributed by atoms with Crippen LogP contribution >= 0.6 is 11.3 Å². The Morgan fingerprint density at radius 3 is 2.67 bits per heavy atom. The Labute approximate surface area is 76.8 Å². The molecule has 2 rings (SSSR count). The van der Waals surface area contributed by atoms with Gasteiger partial charge in [-0.2, -0.15) is 0 Å². The molecule has 0 saturated heterocycles. The molecule has 1 heterocycles. The Kier molecular flexibility index (Phi) is 1.73. The van der Waals surface area contributed by atoms with E-state index in [1.165, 1.54) is 5.69 Å². The van der Waals surface area contributed by atoms with Crippen molar-refractivity contribution in [3.05, 3.63) is 16.1 Å². The van der Waals surface area contributed by atoms with Gasteiger partial charge in [0.15, 0.2) is 0 Å². The van der Waals surface area contributed by atoms with Crippen molar-refractivity contribution >= 4 is 11.3 Å². The Bertz CT molecular complexity index is 286. The van der Waals surface area contributed by atoms with Crippen LogP contribution in [0.25, 0.3) is 0 Å². The fourth-order valence-electron chi connectivity index (χ4n) is 1.13. The molecule has 2 N–H and O–H groups in total. The van der Waals surface area contributed by atoms with Gasteiger partial charge in [-0.05, 0) is 18.8 Å². The molecule has 1 aromatic rings. The van der Waals surface area contributed by atoms with Crippen LogP contribution in [0.3, 0.4) is 0 Å². The largest absolute Gasteiger partial charge is 0.319 e. The second-order valence-corrected chi connectivity index (χ2v) is 4.75. The lowest BCUT2D eigenvalue weighted by Crippen LogP contribution is -2.18. The first-order chi connectivity index (χ1) is 5.62. The second-order valence-electron chi connectivity index (χ2n) is 3.89. The van der Waals surface area contributed by atoms with Crippen LogP contribution in [0.15, 0.2) is 5.38 Å². The topological polar surface area (TPSA) is 38.9 Å². The summed E-state index contributed by atoms with van der Waals surface area (Å²) in [6.45, 7) is 4.32. The van der Waals surface area contributed by atoms with Gasteiger partial charge >= 0.3 is 0 Å². The quantitative estimate of drug-likeness (QED) is 0.761. The minimum atomic E-state index is -0.0438. The number of thiazole rings is 1. The number of nitrogens with two attached hydrogens (primary N) is 1. The van der Waals surface area contributed by atoms with E-state index in [9.17, 15) is 0 Å². The van der Waals surface area contributed by atoms with Crippen LogP contribution in [0.5, 0.6) is 0 Å². The Balaban J connectivity index is 2.25. The fourth-order valence-corrected chi connectivity index (χ4v) is 2.28. The van der Waals surface area contributed by atoms with E-state index in [2.05, 4.69) is 24.2 Å². The zero-order valence-corrected chi connectivity index (χ0v) is 8.32. The van der Waals surface area contributed by atoms with Crippen molar-refractivity contribution in [2.45, 2.75) is 38.1 Å². The monoisotopic (exact) mass is 182 g/mol. The lowest BCUT2D eigenvalue weighted by atomic mass is 10.2. The zero-order chi connectivity index (χ0) is 8.77. The summed E-state index contributed by atoms with van der Waals surface area (Å²) in [6, 6.07) is 0. The maximum atomic E-state index is 6.03. The van der Waals surface area contributed by atoms with E-state index in [0.717, 1.165) is 17.8 Å². The smallest absolute Gasteiger partial charge is 0.113 e. The molecule has 3 heteroatoms. The van der Waals surface area contributed by atoms with E-state index in [4.69, 9.17) is 5.73 Å². The van der Waals surface area contributed by atoms with E-state index in [0.29, 0.717) is 5.92 Å². The summed E-state index contributed by atoms with van der Waals surface area (Å²) < 4.78 is 0. The maximum Gasteiger partial charge on any atom is 0.113 e. The Hall–Kier alpha value is -0.410. The van der Waals surface area contributed by atoms with Crippen molar-refractivity contribution in [3.8, 4) is 0 Å². The normalized spacial score (nSPS) is 20.0. The molecule has 0 aromatic carbocycles. The Morgan fingerprint density at radius 1 is 1.58 bits per heavy atom. The van der Waals surface area contributed by atoms with Crippen molar-refractivity contribution in [2.24, 2.45) is 5.73 Å². The molecule has 0 unspecified atom stereocenters. The number of hydrogen-bond donors (Lipinski definition) is 1. The molecule has 2 nitrogen and oxygen atoms in total. The molecule has 66 valence electrons. The van der Waals surface area contributed by atoms with Gasteiger partial charge in [-0.15, -0.1) is 11.3 Å². The van der Waals surface area contributed by atoms with Crippen molar-refractivity contribution in [1.82, 2.24) is 4.98 Å². The van der Waals surface area contributed by atoms with Crippen LogP contribution in [0.1, 0.15) is 43.3 Å². The molecule has 0 bridgehead atoms. The van der Waals surface area contributed by atoms with E-state index in [1.807, 2.05) is 0 Å². The number of nitrogens with zero attached hydrogens (tertiary/aromatic N) is 1. The van der Waals surface area contributed by atoms with Crippen LogP contribution < -0.4 is 5.73 Å². The summed E-state index contributed by atoms with van der Waals surface area (Å²) in [5, 5.41) is 3.26. The SMILES string of the molecule is CC(C)c1csc(C2(N)CC2)n1. The summed E-state index contributed by atoms with van der Waals surface area (Å²) in [6.07, 6.45) is 2.22. The van der Waals surface area contributed by atoms with Gasteiger partial charge in [0.1, 0.15) is 5.01 Å². The van der Waals surface area contributed by atoms with Gasteiger partial charge < -0.3 is 5.73 Å². The molecule has 0 aliphatic heterocycles. The van der Waals surface area contributed by atoms with Crippen molar-refractivity contribution in [1.29, 1.82) is 0 Å². The highest BCUT2D eigenvalue weighted by atomic mass is 32.1. The van der Waals surface area contributed by atoms with Gasteiger partial charge in [0.25, 0.3) is 0 Å². The number of aromatic nitrogens is 1. The predicted molar refractivity (Wildman–Crippen MR) is 51.3 cm³/mol. The standard InChI is InChI=1S/C9H14N2S/c1-6(2)7-5-12-8(11-7)9(10)3-4-9/h5-6H,3-4,10H2,1-2H3. The lowest BCUT2D eigenvalue weighted by molar-refractivity contribution is 0.715. The van der Waals surface area contributed by atoms with Crippen molar-refractivity contribution in [2.75, 3.05) is 0 Å². The third-order valence-corrected chi connectivity index (χ3v) is 3.41. The molecular weight excluding hydrogens is 168 g/mol. The van der Waals surface area contributed by atoms with Crippen LogP contribution in [-0.4, -0.2) is 4.98 Å². The highest BCUT2D eigenvalue weighted by Gasteiger charge is 2.42. The third-order valence-electron chi connectivity index (χ3n) is 2.33. The van der Waals surface area contributed by atoms with Crippen LogP contribution in [0.2, 0.25) is 0 Å². The van der Waals surface area contributed by atoms with Gasteiger partial charge in [0.05, 0.1) is 11.2 Å². The van der Waals surface area contributed by atoms with Crippen molar-refractivity contribution < 1.29 is 0 Å². The lowest BCUT2D eigenvalue weighted by Gasteiger charge is -2.02. The fraction of sp³-hybridized carbons (Fsp3) is 0.667. The molecule has 1 saturated carbocycles. The zero-order valence-electron chi connectivity index (χ0n) is 7.50. The van der Waals surface area contributed by atoms with E-state index in [1.54, 1.807) is 11.3 Å². The minimum Gasteiger partial charge on any atom is -0.319 e. The molecule has 0 spiro atoms. The number of hydrogen-bond acceptors (Lipinski definition) is 3. The first kappa shape index (κ1) is 8.20. The molecule has 12 heavy (non-hydrogen) atoms. The second kappa shape index (κ2) is 2.54. The minimum absolute atomic E-state index is 0.0438. The molecule has 0 atom stereocenters. The van der Waals surface area contributed by atoms with Crippen LogP contribution in [0.4, 0.5) is 0 Å². The van der Waals surface area contributed by atoms with Gasteiger partial charge in [-0.3, -0.25) is 0 Å². The molecule has 1 aliphatic rings. The molecule has 1 aliphatic carbocycles. The maximum absolute atomic E-state index is 6.03. The highest BCUT2D eigenvalue weighted by molar-refractivity contribution is 7.09. The summed E-state index contributed by atoms with van der Waals surface area (Å²) in [5.41, 5.74) is 7.17. The average molecular weight is 182 g/mol. The summed E-state index contributed by atoms with van der Waals surface area (Å²) in [4.78, 5) is 4.54. The summed E-state index contributed by atoms with van der Waals surface area (Å²) >= 11 is 1.71. The molecule has 0 amide bonds. The molecular formula is C9H14N2S. The summed E-state index contributed by atoms with van der Waals surface area (Å²) in [5.74, 6) is 0.525. The van der Waals surface area contributed by atoms with E-state index < -0.39 is 0 Å². The van der Waals surface area contributed by atoms with Crippen LogP contribution in [0, 0.1) is 0 Å². The van der Waals surface area contributed by atoms with Gasteiger partial charge in [-0.25, -0.2) is 4.98 Å². The van der Waals surface area contributed by atoms with E-state index in [-0.39, 0.29) is 5.54 Å². The third kappa shape index (κ3) is 1.27.